The minimum absolute atomic E-state index is 0.186. The van der Waals surface area contributed by atoms with Gasteiger partial charge in [0.25, 0.3) is 0 Å². The third-order valence-electron chi connectivity index (χ3n) is 6.67. The summed E-state index contributed by atoms with van der Waals surface area (Å²) < 4.78 is 29.6. The van der Waals surface area contributed by atoms with Crippen molar-refractivity contribution < 1.29 is 18.7 Å². The molecular formula is C27H29FN8O3SSi. The summed E-state index contributed by atoms with van der Waals surface area (Å²) in [7, 11) is -1.18. The number of rotatable bonds is 9. The van der Waals surface area contributed by atoms with E-state index in [4.69, 9.17) is 14.5 Å². The maximum atomic E-state index is 15.4. The highest BCUT2D eigenvalue weighted by atomic mass is 32.1. The Balaban J connectivity index is 1.24. The monoisotopic (exact) mass is 592 g/mol. The van der Waals surface area contributed by atoms with E-state index >= 15 is 4.39 Å². The number of ether oxygens (including phenoxy) is 2. The standard InChI is InChI=1S/C27H29FN8O3SSi/c1-17-14-40-26(31-17)22-13-39-27(37)36(22)23-7-8-35-25(32-23)20(12-30-35)18-5-6-19(21(28)11-18)24-29-15-34(33-24)16-38-9-10-41(2,3)4/h5-8,11-12,14-15,22H,9-10,13,16H2,1-4H3/t22-/m1/s1. The molecular weight excluding hydrogens is 564 g/mol. The number of hydrogen-bond donors (Lipinski definition) is 0. The highest BCUT2D eigenvalue weighted by molar-refractivity contribution is 7.09. The van der Waals surface area contributed by atoms with Crippen LogP contribution in [0.25, 0.3) is 28.2 Å². The van der Waals surface area contributed by atoms with Gasteiger partial charge in [0.1, 0.15) is 42.3 Å². The number of carbonyl (C=O) groups is 1. The van der Waals surface area contributed by atoms with Crippen LogP contribution < -0.4 is 4.90 Å². The number of cyclic esters (lactones) is 1. The van der Waals surface area contributed by atoms with Gasteiger partial charge in [-0.1, -0.05) is 25.7 Å². The molecule has 1 fully saturated rings. The quantitative estimate of drug-likeness (QED) is 0.161. The predicted molar refractivity (Wildman–Crippen MR) is 155 cm³/mol. The summed E-state index contributed by atoms with van der Waals surface area (Å²) in [4.78, 5) is 27.7. The van der Waals surface area contributed by atoms with Gasteiger partial charge >= 0.3 is 6.09 Å². The predicted octanol–water partition coefficient (Wildman–Crippen LogP) is 5.57. The molecule has 14 heteroatoms. The van der Waals surface area contributed by atoms with Crippen LogP contribution in [-0.2, 0) is 16.2 Å². The average Bonchev–Trinajstić information content (AvgIpc) is 3.72. The third-order valence-corrected chi connectivity index (χ3v) is 9.44. The van der Waals surface area contributed by atoms with Crippen molar-refractivity contribution in [2.75, 3.05) is 18.1 Å². The fourth-order valence-electron chi connectivity index (χ4n) is 4.46. The van der Waals surface area contributed by atoms with Crippen LogP contribution in [0.2, 0.25) is 25.7 Å². The van der Waals surface area contributed by atoms with Crippen molar-refractivity contribution in [3.8, 4) is 22.5 Å². The van der Waals surface area contributed by atoms with E-state index in [0.29, 0.717) is 29.2 Å². The molecule has 1 atom stereocenters. The fraction of sp³-hybridized carbons (Fsp3) is 0.333. The van der Waals surface area contributed by atoms with Crippen molar-refractivity contribution in [3.05, 3.63) is 64.9 Å². The van der Waals surface area contributed by atoms with E-state index in [0.717, 1.165) is 16.7 Å². The molecule has 0 aliphatic carbocycles. The van der Waals surface area contributed by atoms with Crippen molar-refractivity contribution in [2.45, 2.75) is 45.4 Å². The largest absolute Gasteiger partial charge is 0.446 e. The van der Waals surface area contributed by atoms with Crippen LogP contribution in [0.5, 0.6) is 0 Å². The Hall–Kier alpha value is -4.01. The van der Waals surface area contributed by atoms with Crippen LogP contribution in [0.3, 0.4) is 0 Å². The second-order valence-corrected chi connectivity index (χ2v) is 17.6. The van der Waals surface area contributed by atoms with Gasteiger partial charge in [-0.25, -0.2) is 38.2 Å². The molecule has 0 unspecified atom stereocenters. The lowest BCUT2D eigenvalue weighted by Crippen LogP contribution is -2.28. The number of hydrogen-bond acceptors (Lipinski definition) is 9. The minimum Gasteiger partial charge on any atom is -0.446 e. The molecule has 0 N–H and O–H groups in total. The Morgan fingerprint density at radius 3 is 2.80 bits per heavy atom. The lowest BCUT2D eigenvalue weighted by atomic mass is 10.1. The second-order valence-electron chi connectivity index (χ2n) is 11.1. The molecule has 1 saturated heterocycles. The number of halogens is 1. The number of benzene rings is 1. The maximum absolute atomic E-state index is 15.4. The summed E-state index contributed by atoms with van der Waals surface area (Å²) in [5.41, 5.74) is 2.82. The normalized spacial score (nSPS) is 15.7. The summed E-state index contributed by atoms with van der Waals surface area (Å²) in [5, 5.41) is 11.5. The smallest absolute Gasteiger partial charge is 0.416 e. The first-order valence-corrected chi connectivity index (χ1v) is 17.7. The Labute approximate surface area is 240 Å². The molecule has 0 spiro atoms. The van der Waals surface area contributed by atoms with Crippen LogP contribution in [0.4, 0.5) is 15.0 Å². The lowest BCUT2D eigenvalue weighted by molar-refractivity contribution is 0.0784. The number of anilines is 1. The van der Waals surface area contributed by atoms with Gasteiger partial charge in [-0.2, -0.15) is 5.10 Å². The lowest BCUT2D eigenvalue weighted by Gasteiger charge is -2.18. The molecule has 0 radical (unpaired) electrons. The van der Waals surface area contributed by atoms with Gasteiger partial charge in [-0.05, 0) is 36.7 Å². The number of aryl methyl sites for hydroxylation is 1. The molecule has 0 saturated carbocycles. The van der Waals surface area contributed by atoms with E-state index in [-0.39, 0.29) is 30.8 Å². The zero-order valence-electron chi connectivity index (χ0n) is 23.1. The van der Waals surface area contributed by atoms with Gasteiger partial charge in [-0.15, -0.1) is 16.4 Å². The molecule has 212 valence electrons. The molecule has 1 aliphatic heterocycles. The van der Waals surface area contributed by atoms with E-state index in [1.165, 1.54) is 28.6 Å². The van der Waals surface area contributed by atoms with Crippen molar-refractivity contribution in [2.24, 2.45) is 0 Å². The van der Waals surface area contributed by atoms with Crippen LogP contribution in [0, 0.1) is 12.7 Å². The van der Waals surface area contributed by atoms with Gasteiger partial charge in [-0.3, -0.25) is 0 Å². The highest BCUT2D eigenvalue weighted by Gasteiger charge is 2.38. The van der Waals surface area contributed by atoms with Crippen molar-refractivity contribution >= 4 is 37.0 Å². The van der Waals surface area contributed by atoms with Gasteiger partial charge < -0.3 is 9.47 Å². The second kappa shape index (κ2) is 10.8. The zero-order chi connectivity index (χ0) is 28.7. The molecule has 4 aromatic heterocycles. The Bertz CT molecular complexity index is 1730. The SMILES string of the molecule is Cc1csc([C@H]2COC(=O)N2c2ccn3ncc(-c4ccc(-c5ncn(COCC[Si](C)(C)C)n5)c(F)c4)c3n2)n1. The summed E-state index contributed by atoms with van der Waals surface area (Å²) in [6, 6.07) is 7.21. The van der Waals surface area contributed by atoms with E-state index in [2.05, 4.69) is 39.8 Å². The molecule has 6 rings (SSSR count). The third kappa shape index (κ3) is 5.62. The van der Waals surface area contributed by atoms with E-state index in [1.54, 1.807) is 39.8 Å². The summed E-state index contributed by atoms with van der Waals surface area (Å²) in [6.45, 7) is 9.90. The van der Waals surface area contributed by atoms with Gasteiger partial charge in [0, 0.05) is 37.5 Å². The molecule has 41 heavy (non-hydrogen) atoms. The van der Waals surface area contributed by atoms with Crippen LogP contribution >= 0.6 is 11.3 Å². The molecule has 5 heterocycles. The summed E-state index contributed by atoms with van der Waals surface area (Å²) in [5.74, 6) is 0.204. The molecule has 5 aromatic rings. The highest BCUT2D eigenvalue weighted by Crippen LogP contribution is 2.35. The number of fused-ring (bicyclic) bond motifs is 1. The zero-order valence-corrected chi connectivity index (χ0v) is 24.9. The first kappa shape index (κ1) is 27.2. The molecule has 1 aliphatic rings. The van der Waals surface area contributed by atoms with E-state index in [9.17, 15) is 4.79 Å². The number of nitrogens with zero attached hydrogens (tertiary/aromatic N) is 8. The molecule has 11 nitrogen and oxygen atoms in total. The topological polar surface area (TPSA) is 113 Å². The number of amides is 1. The minimum atomic E-state index is -1.18. The summed E-state index contributed by atoms with van der Waals surface area (Å²) in [6.07, 6.45) is 4.38. The molecule has 0 bridgehead atoms. The molecule has 1 aromatic carbocycles. The Morgan fingerprint density at radius 1 is 1.20 bits per heavy atom. The fourth-order valence-corrected chi connectivity index (χ4v) is 6.09. The van der Waals surface area contributed by atoms with E-state index < -0.39 is 20.0 Å². The number of aromatic nitrogens is 7. The van der Waals surface area contributed by atoms with E-state index in [1.807, 2.05) is 12.3 Å². The van der Waals surface area contributed by atoms with Gasteiger partial charge in [0.2, 0.25) is 0 Å². The van der Waals surface area contributed by atoms with Crippen molar-refractivity contribution in [1.82, 2.24) is 34.3 Å². The van der Waals surface area contributed by atoms with Gasteiger partial charge in [0.15, 0.2) is 11.5 Å². The average molecular weight is 593 g/mol. The Kier molecular flexibility index (Phi) is 7.13. The number of carbonyl (C=O) groups excluding carboxylic acids is 1. The maximum Gasteiger partial charge on any atom is 0.416 e. The van der Waals surface area contributed by atoms with Crippen LogP contribution in [0.1, 0.15) is 16.7 Å². The molecule has 1 amide bonds. The van der Waals surface area contributed by atoms with Crippen molar-refractivity contribution in [1.29, 1.82) is 0 Å². The first-order chi connectivity index (χ1) is 19.7. The van der Waals surface area contributed by atoms with Crippen LogP contribution in [0.15, 0.2) is 48.4 Å². The van der Waals surface area contributed by atoms with Gasteiger partial charge in [0.05, 0.1) is 11.8 Å². The Morgan fingerprint density at radius 2 is 2.05 bits per heavy atom. The van der Waals surface area contributed by atoms with Crippen LogP contribution in [-0.4, -0.2) is 61.7 Å². The number of thiazole rings is 1. The summed E-state index contributed by atoms with van der Waals surface area (Å²) >= 11 is 1.47. The van der Waals surface area contributed by atoms with Crippen molar-refractivity contribution in [3.63, 3.8) is 0 Å². The first-order valence-electron chi connectivity index (χ1n) is 13.2.